The van der Waals surface area contributed by atoms with Gasteiger partial charge in [-0.1, -0.05) is 0 Å². The van der Waals surface area contributed by atoms with Gasteiger partial charge in [0.25, 0.3) is 0 Å². The Hall–Kier alpha value is -1.69. The number of rotatable bonds is 4. The molecule has 0 saturated carbocycles. The van der Waals surface area contributed by atoms with E-state index in [0.717, 1.165) is 12.1 Å². The van der Waals surface area contributed by atoms with Gasteiger partial charge in [0, 0.05) is 26.2 Å². The summed E-state index contributed by atoms with van der Waals surface area (Å²) in [5.74, 6) is -1.47. The Bertz CT molecular complexity index is 398. The summed E-state index contributed by atoms with van der Waals surface area (Å²) in [7, 11) is 3.36. The first-order valence-corrected chi connectivity index (χ1v) is 5.16. The average Bonchev–Trinajstić information content (AvgIpc) is 2.29. The zero-order valence-corrected chi connectivity index (χ0v) is 9.76. The molecule has 0 atom stereocenters. The van der Waals surface area contributed by atoms with Gasteiger partial charge in [-0.15, -0.1) is 0 Å². The van der Waals surface area contributed by atoms with Crippen molar-refractivity contribution in [2.24, 2.45) is 0 Å². The lowest BCUT2D eigenvalue weighted by Crippen LogP contribution is -2.36. The molecule has 4 nitrogen and oxygen atoms in total. The van der Waals surface area contributed by atoms with Crippen molar-refractivity contribution in [1.82, 2.24) is 10.2 Å². The highest BCUT2D eigenvalue weighted by molar-refractivity contribution is 5.89. The molecule has 0 spiro atoms. The second kappa shape index (κ2) is 6.15. The molecule has 0 aliphatic rings. The van der Waals surface area contributed by atoms with Crippen molar-refractivity contribution < 1.29 is 13.6 Å². The number of hydrogen-bond acceptors (Lipinski definition) is 2. The molecule has 0 bridgehead atoms. The van der Waals surface area contributed by atoms with Gasteiger partial charge in [-0.05, 0) is 19.2 Å². The predicted octanol–water partition coefficient (Wildman–Crippen LogP) is 1.65. The molecule has 0 unspecified atom stereocenters. The van der Waals surface area contributed by atoms with Gasteiger partial charge in [-0.2, -0.15) is 0 Å². The minimum atomic E-state index is -0.791. The number of nitrogens with one attached hydrogen (secondary N) is 2. The number of benzene rings is 1. The maximum Gasteiger partial charge on any atom is 0.321 e. The first-order chi connectivity index (χ1) is 8.04. The Labute approximate surface area is 98.6 Å². The summed E-state index contributed by atoms with van der Waals surface area (Å²) in [4.78, 5) is 13.0. The molecule has 1 aromatic carbocycles. The highest BCUT2D eigenvalue weighted by Crippen LogP contribution is 2.15. The van der Waals surface area contributed by atoms with Crippen LogP contribution in [0.2, 0.25) is 0 Å². The molecule has 0 saturated heterocycles. The van der Waals surface area contributed by atoms with E-state index in [1.807, 2.05) is 0 Å². The summed E-state index contributed by atoms with van der Waals surface area (Å²) in [5.41, 5.74) is -0.0345. The van der Waals surface area contributed by atoms with Gasteiger partial charge < -0.3 is 15.5 Å². The Balaban J connectivity index is 2.61. The van der Waals surface area contributed by atoms with Crippen molar-refractivity contribution in [2.75, 3.05) is 32.5 Å². The van der Waals surface area contributed by atoms with E-state index in [9.17, 15) is 13.6 Å². The third-order valence-corrected chi connectivity index (χ3v) is 2.22. The second-order valence-corrected chi connectivity index (χ2v) is 3.58. The van der Waals surface area contributed by atoms with E-state index >= 15 is 0 Å². The maximum absolute atomic E-state index is 13.2. The van der Waals surface area contributed by atoms with Gasteiger partial charge in [0.2, 0.25) is 0 Å². The van der Waals surface area contributed by atoms with Gasteiger partial charge in [-0.3, -0.25) is 0 Å². The van der Waals surface area contributed by atoms with Crippen LogP contribution >= 0.6 is 0 Å². The minimum Gasteiger partial charge on any atom is -0.326 e. The lowest BCUT2D eigenvalue weighted by molar-refractivity contribution is 0.222. The van der Waals surface area contributed by atoms with E-state index in [1.165, 1.54) is 11.0 Å². The summed E-state index contributed by atoms with van der Waals surface area (Å²) in [5, 5.41) is 5.25. The van der Waals surface area contributed by atoms with Crippen molar-refractivity contribution in [1.29, 1.82) is 0 Å². The average molecular weight is 243 g/mol. The lowest BCUT2D eigenvalue weighted by Gasteiger charge is -2.17. The molecule has 94 valence electrons. The first kappa shape index (κ1) is 13.4. The van der Waals surface area contributed by atoms with Crippen molar-refractivity contribution >= 4 is 11.7 Å². The quantitative estimate of drug-likeness (QED) is 0.844. The van der Waals surface area contributed by atoms with E-state index in [0.29, 0.717) is 13.1 Å². The zero-order chi connectivity index (χ0) is 12.8. The zero-order valence-electron chi connectivity index (χ0n) is 9.76. The second-order valence-electron chi connectivity index (χ2n) is 3.58. The van der Waals surface area contributed by atoms with Crippen LogP contribution in [0.15, 0.2) is 18.2 Å². The normalized spacial score (nSPS) is 10.1. The monoisotopic (exact) mass is 243 g/mol. The van der Waals surface area contributed by atoms with E-state index < -0.39 is 17.7 Å². The molecule has 2 N–H and O–H groups in total. The van der Waals surface area contributed by atoms with Gasteiger partial charge in [-0.25, -0.2) is 13.6 Å². The molecule has 0 aromatic heterocycles. The van der Waals surface area contributed by atoms with E-state index in [-0.39, 0.29) is 5.69 Å². The number of likely N-dealkylation sites (N-methyl/N-ethyl adjacent to an activating group) is 2. The number of halogens is 2. The molecule has 6 heteroatoms. The number of carbonyl (C=O) groups is 1. The number of urea groups is 1. The smallest absolute Gasteiger partial charge is 0.321 e. The predicted molar refractivity (Wildman–Crippen MR) is 61.9 cm³/mol. The lowest BCUT2D eigenvalue weighted by atomic mass is 10.3. The van der Waals surface area contributed by atoms with Crippen molar-refractivity contribution in [3.63, 3.8) is 0 Å². The van der Waals surface area contributed by atoms with Crippen molar-refractivity contribution in [2.45, 2.75) is 0 Å². The number of anilines is 1. The highest BCUT2D eigenvalue weighted by Gasteiger charge is 2.11. The van der Waals surface area contributed by atoms with Crippen LogP contribution < -0.4 is 10.6 Å². The molecule has 0 aliphatic heterocycles. The van der Waals surface area contributed by atoms with Crippen molar-refractivity contribution in [3.05, 3.63) is 29.8 Å². The fraction of sp³-hybridized carbons (Fsp3) is 0.364. The summed E-state index contributed by atoms with van der Waals surface area (Å²) >= 11 is 0. The van der Waals surface area contributed by atoms with Crippen LogP contribution in [0.3, 0.4) is 0 Å². The topological polar surface area (TPSA) is 44.4 Å². The molecule has 2 amide bonds. The Kier molecular flexibility index (Phi) is 4.84. The maximum atomic E-state index is 13.2. The van der Waals surface area contributed by atoms with Gasteiger partial charge in [0.1, 0.15) is 11.6 Å². The Morgan fingerprint density at radius 2 is 2.12 bits per heavy atom. The summed E-state index contributed by atoms with van der Waals surface area (Å²) in [6, 6.07) is 2.56. The van der Waals surface area contributed by atoms with Crippen molar-refractivity contribution in [3.8, 4) is 0 Å². The van der Waals surface area contributed by atoms with Crippen LogP contribution in [0, 0.1) is 11.6 Å². The molecule has 0 radical (unpaired) electrons. The van der Waals surface area contributed by atoms with E-state index in [1.54, 1.807) is 14.1 Å². The van der Waals surface area contributed by atoms with Crippen LogP contribution in [0.25, 0.3) is 0 Å². The fourth-order valence-corrected chi connectivity index (χ4v) is 1.18. The Morgan fingerprint density at radius 3 is 2.71 bits per heavy atom. The Morgan fingerprint density at radius 1 is 1.41 bits per heavy atom. The summed E-state index contributed by atoms with van der Waals surface area (Å²) in [6.45, 7) is 1.13. The van der Waals surface area contributed by atoms with Crippen LogP contribution in [0.5, 0.6) is 0 Å². The fourth-order valence-electron chi connectivity index (χ4n) is 1.18. The molecule has 17 heavy (non-hydrogen) atoms. The van der Waals surface area contributed by atoms with E-state index in [2.05, 4.69) is 10.6 Å². The molecular weight excluding hydrogens is 228 g/mol. The largest absolute Gasteiger partial charge is 0.326 e. The SMILES string of the molecule is CNCCN(C)C(=O)Nc1ccc(F)cc1F. The summed E-state index contributed by atoms with van der Waals surface area (Å²) in [6.07, 6.45) is 0. The van der Waals surface area contributed by atoms with Crippen LogP contribution in [-0.4, -0.2) is 38.1 Å². The number of hydrogen-bond donors (Lipinski definition) is 2. The van der Waals surface area contributed by atoms with Gasteiger partial charge in [0.15, 0.2) is 0 Å². The molecular formula is C11H15F2N3O. The molecule has 1 rings (SSSR count). The number of amides is 2. The van der Waals surface area contributed by atoms with E-state index in [4.69, 9.17) is 0 Å². The molecule has 1 aromatic rings. The standard InChI is InChI=1S/C11H15F2N3O/c1-14-5-6-16(2)11(17)15-10-4-3-8(12)7-9(10)13/h3-4,7,14H,5-6H2,1-2H3,(H,15,17). The molecule has 0 aliphatic carbocycles. The van der Waals surface area contributed by atoms with Crippen LogP contribution in [0.1, 0.15) is 0 Å². The molecule has 0 heterocycles. The number of nitrogens with zero attached hydrogens (tertiary/aromatic N) is 1. The van der Waals surface area contributed by atoms with Gasteiger partial charge in [0.05, 0.1) is 5.69 Å². The molecule has 0 fully saturated rings. The third kappa shape index (κ3) is 3.99. The highest BCUT2D eigenvalue weighted by atomic mass is 19.1. The first-order valence-electron chi connectivity index (χ1n) is 5.16. The summed E-state index contributed by atoms with van der Waals surface area (Å²) < 4.78 is 25.9. The van der Waals surface area contributed by atoms with Crippen LogP contribution in [-0.2, 0) is 0 Å². The van der Waals surface area contributed by atoms with Crippen LogP contribution in [0.4, 0.5) is 19.3 Å². The third-order valence-electron chi connectivity index (χ3n) is 2.22. The van der Waals surface area contributed by atoms with Gasteiger partial charge >= 0.3 is 6.03 Å². The number of carbonyl (C=O) groups excluding carboxylic acids is 1. The minimum absolute atomic E-state index is 0.0345.